The predicted molar refractivity (Wildman–Crippen MR) is 110 cm³/mol. The third kappa shape index (κ3) is 6.47. The molecule has 2 aromatic rings. The van der Waals surface area contributed by atoms with E-state index in [2.05, 4.69) is 30.9 Å². The Bertz CT molecular complexity index is 790. The molecule has 0 radical (unpaired) electrons. The van der Waals surface area contributed by atoms with Crippen LogP contribution in [-0.2, 0) is 4.79 Å². The number of rotatable bonds is 8. The van der Waals surface area contributed by atoms with Crippen molar-refractivity contribution in [3.8, 4) is 0 Å². The van der Waals surface area contributed by atoms with Crippen molar-refractivity contribution < 1.29 is 9.18 Å². The number of hydrogen-bond donors (Lipinski definition) is 3. The third-order valence-electron chi connectivity index (χ3n) is 3.93. The molecule has 0 spiro atoms. The van der Waals surface area contributed by atoms with Gasteiger partial charge in [0.2, 0.25) is 23.1 Å². The molecule has 150 valence electrons. The first-order valence-electron chi connectivity index (χ1n) is 8.84. The van der Waals surface area contributed by atoms with Crippen molar-refractivity contribution in [3.63, 3.8) is 0 Å². The summed E-state index contributed by atoms with van der Waals surface area (Å²) in [5, 5.41) is 9.13. The molecular weight excluding hydrogens is 405 g/mol. The summed E-state index contributed by atoms with van der Waals surface area (Å²) >= 11 is 7.81. The lowest BCUT2D eigenvalue weighted by molar-refractivity contribution is -0.129. The Balaban J connectivity index is 1.43. The van der Waals surface area contributed by atoms with E-state index in [1.54, 1.807) is 12.1 Å². The van der Waals surface area contributed by atoms with Crippen LogP contribution in [0, 0.1) is 5.82 Å². The minimum absolute atomic E-state index is 0.0354. The molecule has 1 saturated heterocycles. The Labute approximate surface area is 171 Å². The summed E-state index contributed by atoms with van der Waals surface area (Å²) in [5.41, 5.74) is 0.630. The van der Waals surface area contributed by atoms with Crippen LogP contribution >= 0.6 is 23.4 Å². The largest absolute Gasteiger partial charge is 0.353 e. The van der Waals surface area contributed by atoms with Crippen LogP contribution in [0.1, 0.15) is 0 Å². The van der Waals surface area contributed by atoms with Crippen molar-refractivity contribution >= 4 is 46.9 Å². The molecule has 3 N–H and O–H groups in total. The Kier molecular flexibility index (Phi) is 7.63. The quantitative estimate of drug-likeness (QED) is 0.553. The molecule has 3 rings (SSSR count). The highest BCUT2D eigenvalue weighted by molar-refractivity contribution is 7.99. The van der Waals surface area contributed by atoms with E-state index in [4.69, 9.17) is 11.6 Å². The van der Waals surface area contributed by atoms with Gasteiger partial charge in [-0.1, -0.05) is 0 Å². The van der Waals surface area contributed by atoms with Crippen molar-refractivity contribution in [3.05, 3.63) is 35.4 Å². The summed E-state index contributed by atoms with van der Waals surface area (Å²) in [7, 11) is 0. The maximum absolute atomic E-state index is 13.0. The molecule has 0 unspecified atom stereocenters. The number of carbonyl (C=O) groups is 1. The van der Waals surface area contributed by atoms with Gasteiger partial charge in [0.25, 0.3) is 0 Å². The first kappa shape index (κ1) is 20.6. The van der Waals surface area contributed by atoms with Gasteiger partial charge in [0.05, 0.1) is 6.54 Å². The van der Waals surface area contributed by atoms with E-state index < -0.39 is 0 Å². The molecule has 0 bridgehead atoms. The van der Waals surface area contributed by atoms with Crippen LogP contribution in [-0.4, -0.2) is 70.0 Å². The summed E-state index contributed by atoms with van der Waals surface area (Å²) in [6, 6.07) is 5.81. The number of hydrogen-bond acceptors (Lipinski definition) is 8. The minimum Gasteiger partial charge on any atom is -0.353 e. The molecule has 2 heterocycles. The van der Waals surface area contributed by atoms with Gasteiger partial charge in [-0.25, -0.2) is 4.39 Å². The van der Waals surface area contributed by atoms with Crippen LogP contribution in [0.3, 0.4) is 0 Å². The lowest BCUT2D eigenvalue weighted by atomic mass is 10.3. The molecule has 8 nitrogen and oxygen atoms in total. The first-order valence-corrected chi connectivity index (χ1v) is 10.4. The average Bonchev–Trinajstić information content (AvgIpc) is 2.69. The second-order valence-corrected chi connectivity index (χ2v) is 7.54. The molecule has 1 aromatic carbocycles. The van der Waals surface area contributed by atoms with E-state index in [-0.39, 0.29) is 23.0 Å². The number of anilines is 3. The highest BCUT2D eigenvalue weighted by Gasteiger charge is 2.15. The Morgan fingerprint density at radius 2 is 1.82 bits per heavy atom. The summed E-state index contributed by atoms with van der Waals surface area (Å²) in [6.07, 6.45) is 0. The Morgan fingerprint density at radius 3 is 2.57 bits per heavy atom. The second-order valence-electron chi connectivity index (χ2n) is 5.98. The van der Waals surface area contributed by atoms with E-state index in [0.717, 1.165) is 24.6 Å². The Morgan fingerprint density at radius 1 is 1.11 bits per heavy atom. The van der Waals surface area contributed by atoms with E-state index in [9.17, 15) is 9.18 Å². The fourth-order valence-corrected chi connectivity index (χ4v) is 3.59. The maximum atomic E-state index is 13.0. The first-order chi connectivity index (χ1) is 13.6. The smallest absolute Gasteiger partial charge is 0.236 e. The highest BCUT2D eigenvalue weighted by atomic mass is 35.5. The average molecular weight is 426 g/mol. The summed E-state index contributed by atoms with van der Waals surface area (Å²) < 4.78 is 13.0. The molecule has 1 aromatic heterocycles. The minimum atomic E-state index is -0.327. The molecule has 1 fully saturated rings. The van der Waals surface area contributed by atoms with Crippen molar-refractivity contribution in [1.29, 1.82) is 0 Å². The van der Waals surface area contributed by atoms with Crippen LogP contribution < -0.4 is 16.0 Å². The molecule has 0 atom stereocenters. The van der Waals surface area contributed by atoms with Gasteiger partial charge in [-0.05, 0) is 35.9 Å². The zero-order valence-electron chi connectivity index (χ0n) is 15.1. The topological polar surface area (TPSA) is 95.1 Å². The monoisotopic (exact) mass is 425 g/mol. The summed E-state index contributed by atoms with van der Waals surface area (Å²) in [6.45, 7) is 3.02. The number of amides is 1. The summed E-state index contributed by atoms with van der Waals surface area (Å²) in [5.74, 6) is 2.36. The number of aromatic nitrogens is 3. The fraction of sp³-hybridized carbons (Fsp3) is 0.412. The van der Waals surface area contributed by atoms with Gasteiger partial charge in [0, 0.05) is 43.4 Å². The van der Waals surface area contributed by atoms with Crippen molar-refractivity contribution in [1.82, 2.24) is 25.2 Å². The van der Waals surface area contributed by atoms with Crippen LogP contribution in [0.25, 0.3) is 0 Å². The SMILES string of the molecule is O=C(CNCCNc1nc(Cl)nc(Nc2ccc(F)cc2)n1)N1CCSCC1. The van der Waals surface area contributed by atoms with Gasteiger partial charge in [0.1, 0.15) is 5.82 Å². The van der Waals surface area contributed by atoms with E-state index in [1.165, 1.54) is 12.1 Å². The van der Waals surface area contributed by atoms with Crippen molar-refractivity contribution in [2.24, 2.45) is 0 Å². The maximum Gasteiger partial charge on any atom is 0.236 e. The van der Waals surface area contributed by atoms with Gasteiger partial charge in [-0.3, -0.25) is 4.79 Å². The summed E-state index contributed by atoms with van der Waals surface area (Å²) in [4.78, 5) is 26.2. The fourth-order valence-electron chi connectivity index (χ4n) is 2.53. The van der Waals surface area contributed by atoms with Crippen molar-refractivity contribution in [2.45, 2.75) is 0 Å². The number of benzene rings is 1. The van der Waals surface area contributed by atoms with Crippen LogP contribution in [0.4, 0.5) is 22.0 Å². The number of nitrogens with one attached hydrogen (secondary N) is 3. The van der Waals surface area contributed by atoms with Crippen LogP contribution in [0.15, 0.2) is 24.3 Å². The molecule has 0 aliphatic carbocycles. The van der Waals surface area contributed by atoms with E-state index in [1.807, 2.05) is 16.7 Å². The molecule has 28 heavy (non-hydrogen) atoms. The Hall–Kier alpha value is -2.17. The standard InChI is InChI=1S/C17H21ClFN7OS/c18-15-23-16(25-17(24-15)22-13-3-1-12(19)2-4-13)21-6-5-20-11-14(27)26-7-9-28-10-8-26/h1-4,20H,5-11H2,(H2,21,22,23,24,25). The van der Waals surface area contributed by atoms with Gasteiger partial charge < -0.3 is 20.9 Å². The normalized spacial score (nSPS) is 14.0. The molecule has 11 heteroatoms. The number of thioether (sulfide) groups is 1. The molecule has 1 aliphatic rings. The lowest BCUT2D eigenvalue weighted by Crippen LogP contribution is -2.43. The molecule has 1 aliphatic heterocycles. The van der Waals surface area contributed by atoms with Gasteiger partial charge in [-0.2, -0.15) is 26.7 Å². The molecule has 1 amide bonds. The molecule has 0 saturated carbocycles. The van der Waals surface area contributed by atoms with E-state index in [0.29, 0.717) is 31.3 Å². The van der Waals surface area contributed by atoms with Gasteiger partial charge in [-0.15, -0.1) is 0 Å². The van der Waals surface area contributed by atoms with Crippen LogP contribution in [0.5, 0.6) is 0 Å². The van der Waals surface area contributed by atoms with Crippen molar-refractivity contribution in [2.75, 3.05) is 54.9 Å². The van der Waals surface area contributed by atoms with Crippen LogP contribution in [0.2, 0.25) is 5.28 Å². The number of nitrogens with zero attached hydrogens (tertiary/aromatic N) is 4. The lowest BCUT2D eigenvalue weighted by Gasteiger charge is -2.26. The highest BCUT2D eigenvalue weighted by Crippen LogP contribution is 2.16. The van der Waals surface area contributed by atoms with Gasteiger partial charge in [0.15, 0.2) is 0 Å². The number of carbonyl (C=O) groups excluding carboxylic acids is 1. The molecular formula is C17H21ClFN7OS. The third-order valence-corrected chi connectivity index (χ3v) is 5.04. The zero-order valence-corrected chi connectivity index (χ0v) is 16.7. The number of halogens is 2. The van der Waals surface area contributed by atoms with Gasteiger partial charge >= 0.3 is 0 Å². The zero-order chi connectivity index (χ0) is 19.8. The van der Waals surface area contributed by atoms with E-state index >= 15 is 0 Å². The predicted octanol–water partition coefficient (Wildman–Crippen LogP) is 1.98. The second kappa shape index (κ2) is 10.4.